The highest BCUT2D eigenvalue weighted by molar-refractivity contribution is 5.25. The summed E-state index contributed by atoms with van der Waals surface area (Å²) in [6.07, 6.45) is 3.98. The second-order valence-electron chi connectivity index (χ2n) is 6.08. The molecule has 0 saturated carbocycles. The Hall–Kier alpha value is -1.94. The normalized spacial score (nSPS) is 18.8. The van der Waals surface area contributed by atoms with Gasteiger partial charge in [-0.05, 0) is 50.9 Å². The quantitative estimate of drug-likeness (QED) is 0.942. The van der Waals surface area contributed by atoms with Crippen molar-refractivity contribution < 1.29 is 4.39 Å². The third kappa shape index (κ3) is 2.83. The third-order valence-corrected chi connectivity index (χ3v) is 4.59. The summed E-state index contributed by atoms with van der Waals surface area (Å²) in [6.45, 7) is 5.43. The third-order valence-electron chi connectivity index (χ3n) is 4.59. The highest BCUT2D eigenvalue weighted by Crippen LogP contribution is 2.33. The maximum absolute atomic E-state index is 13.1. The monoisotopic (exact) mass is 300 g/mol. The summed E-state index contributed by atoms with van der Waals surface area (Å²) >= 11 is 0. The molecule has 0 spiro atoms. The van der Waals surface area contributed by atoms with E-state index in [1.807, 2.05) is 26.0 Å². The molecule has 4 heteroatoms. The fourth-order valence-corrected chi connectivity index (χ4v) is 3.25. The van der Waals surface area contributed by atoms with Gasteiger partial charge >= 0.3 is 0 Å². The average molecular weight is 300 g/mol. The molecule has 0 unspecified atom stereocenters. The van der Waals surface area contributed by atoms with Crippen molar-refractivity contribution in [2.24, 2.45) is 0 Å². The van der Waals surface area contributed by atoms with Crippen molar-refractivity contribution in [2.45, 2.75) is 39.3 Å². The Morgan fingerprint density at radius 3 is 2.73 bits per heavy atom. The SMILES string of the molecule is Cc1c[nH]c(CN2CCC[C@H]2c2ccc(F)cc2)c(C)c1=O. The molecule has 1 atom stereocenters. The standard InChI is InChI=1S/C18H21FN2O/c1-12-10-20-16(13(2)18(12)22)11-21-9-3-4-17(21)14-5-7-15(19)8-6-14/h5-8,10,17H,3-4,9,11H2,1-2H3,(H,20,22)/t17-/m0/s1. The Bertz CT molecular complexity index is 721. The number of hydrogen-bond acceptors (Lipinski definition) is 2. The number of aryl methyl sites for hydroxylation is 1. The van der Waals surface area contributed by atoms with Crippen LogP contribution in [-0.4, -0.2) is 16.4 Å². The molecule has 3 rings (SSSR count). The average Bonchev–Trinajstić information content (AvgIpc) is 2.97. The van der Waals surface area contributed by atoms with E-state index in [9.17, 15) is 9.18 Å². The lowest BCUT2D eigenvalue weighted by molar-refractivity contribution is 0.245. The van der Waals surface area contributed by atoms with E-state index in [4.69, 9.17) is 0 Å². The molecule has 2 heterocycles. The van der Waals surface area contributed by atoms with Crippen molar-refractivity contribution in [2.75, 3.05) is 6.54 Å². The minimum atomic E-state index is -0.202. The van der Waals surface area contributed by atoms with Crippen LogP contribution in [0.15, 0.2) is 35.3 Å². The number of H-pyrrole nitrogens is 1. The van der Waals surface area contributed by atoms with Crippen LogP contribution in [0, 0.1) is 19.7 Å². The lowest BCUT2D eigenvalue weighted by atomic mass is 10.0. The second kappa shape index (κ2) is 6.05. The smallest absolute Gasteiger partial charge is 0.187 e. The first-order valence-corrected chi connectivity index (χ1v) is 7.73. The number of halogens is 1. The van der Waals surface area contributed by atoms with Gasteiger partial charge in [0.15, 0.2) is 5.43 Å². The summed E-state index contributed by atoms with van der Waals surface area (Å²) in [5.41, 5.74) is 3.78. The molecule has 3 nitrogen and oxygen atoms in total. The van der Waals surface area contributed by atoms with E-state index in [1.54, 1.807) is 6.20 Å². The van der Waals surface area contributed by atoms with E-state index in [0.29, 0.717) is 6.04 Å². The number of aromatic nitrogens is 1. The van der Waals surface area contributed by atoms with Crippen molar-refractivity contribution in [3.05, 3.63) is 68.9 Å². The molecule has 1 aliphatic heterocycles. The van der Waals surface area contributed by atoms with E-state index >= 15 is 0 Å². The van der Waals surface area contributed by atoms with Crippen molar-refractivity contribution in [3.8, 4) is 0 Å². The molecule has 116 valence electrons. The van der Waals surface area contributed by atoms with E-state index < -0.39 is 0 Å². The van der Waals surface area contributed by atoms with Crippen molar-refractivity contribution >= 4 is 0 Å². The zero-order valence-electron chi connectivity index (χ0n) is 13.0. The van der Waals surface area contributed by atoms with Gasteiger partial charge in [-0.25, -0.2) is 4.39 Å². The minimum absolute atomic E-state index is 0.117. The number of likely N-dealkylation sites (tertiary alicyclic amines) is 1. The van der Waals surface area contributed by atoms with Crippen LogP contribution in [0.4, 0.5) is 4.39 Å². The Balaban J connectivity index is 1.84. The maximum Gasteiger partial charge on any atom is 0.187 e. The van der Waals surface area contributed by atoms with Crippen LogP contribution in [0.1, 0.15) is 41.3 Å². The van der Waals surface area contributed by atoms with Gasteiger partial charge < -0.3 is 4.98 Å². The summed E-state index contributed by atoms with van der Waals surface area (Å²) in [5.74, 6) is -0.202. The predicted octanol–water partition coefficient (Wildman–Crippen LogP) is 3.47. The van der Waals surface area contributed by atoms with Crippen LogP contribution in [0.5, 0.6) is 0 Å². The Morgan fingerprint density at radius 2 is 2.00 bits per heavy atom. The lowest BCUT2D eigenvalue weighted by Gasteiger charge is -2.25. The molecule has 2 aromatic rings. The number of nitrogens with zero attached hydrogens (tertiary/aromatic N) is 1. The van der Waals surface area contributed by atoms with Crippen LogP contribution in [0.25, 0.3) is 0 Å². The van der Waals surface area contributed by atoms with Gasteiger partial charge in [-0.2, -0.15) is 0 Å². The lowest BCUT2D eigenvalue weighted by Crippen LogP contribution is -2.25. The van der Waals surface area contributed by atoms with Crippen molar-refractivity contribution in [1.29, 1.82) is 0 Å². The van der Waals surface area contributed by atoms with Crippen LogP contribution in [0.2, 0.25) is 0 Å². The van der Waals surface area contributed by atoms with Gasteiger partial charge in [-0.15, -0.1) is 0 Å². The number of nitrogens with one attached hydrogen (secondary N) is 1. The number of hydrogen-bond donors (Lipinski definition) is 1. The van der Waals surface area contributed by atoms with E-state index in [-0.39, 0.29) is 11.2 Å². The fourth-order valence-electron chi connectivity index (χ4n) is 3.25. The van der Waals surface area contributed by atoms with Crippen molar-refractivity contribution in [1.82, 2.24) is 9.88 Å². The van der Waals surface area contributed by atoms with E-state index in [0.717, 1.165) is 48.3 Å². The topological polar surface area (TPSA) is 36.1 Å². The molecule has 1 fully saturated rings. The molecule has 0 bridgehead atoms. The van der Waals surface area contributed by atoms with Crippen molar-refractivity contribution in [3.63, 3.8) is 0 Å². The maximum atomic E-state index is 13.1. The highest BCUT2D eigenvalue weighted by Gasteiger charge is 2.26. The fraction of sp³-hybridized carbons (Fsp3) is 0.389. The first-order valence-electron chi connectivity index (χ1n) is 7.73. The molecule has 1 N–H and O–H groups in total. The molecule has 1 saturated heterocycles. The first kappa shape index (κ1) is 15.0. The van der Waals surface area contributed by atoms with Gasteiger partial charge in [0.2, 0.25) is 0 Å². The van der Waals surface area contributed by atoms with Gasteiger partial charge in [0, 0.05) is 35.6 Å². The minimum Gasteiger partial charge on any atom is -0.363 e. The number of rotatable bonds is 3. The van der Waals surface area contributed by atoms with Gasteiger partial charge in [0.25, 0.3) is 0 Å². The summed E-state index contributed by atoms with van der Waals surface area (Å²) in [7, 11) is 0. The molecule has 1 aromatic heterocycles. The van der Waals surface area contributed by atoms with Gasteiger partial charge in [0.05, 0.1) is 0 Å². The predicted molar refractivity (Wildman–Crippen MR) is 85.3 cm³/mol. The molecule has 0 aliphatic carbocycles. The summed E-state index contributed by atoms with van der Waals surface area (Å²) in [6, 6.07) is 7.06. The largest absolute Gasteiger partial charge is 0.363 e. The van der Waals surface area contributed by atoms with Crippen LogP contribution in [0.3, 0.4) is 0 Å². The molecule has 0 radical (unpaired) electrons. The molecule has 0 amide bonds. The zero-order chi connectivity index (χ0) is 15.7. The zero-order valence-corrected chi connectivity index (χ0v) is 13.0. The Morgan fingerprint density at radius 1 is 1.27 bits per heavy atom. The Kier molecular flexibility index (Phi) is 4.12. The number of benzene rings is 1. The second-order valence-corrected chi connectivity index (χ2v) is 6.08. The summed E-state index contributed by atoms with van der Waals surface area (Å²) < 4.78 is 13.1. The molecular formula is C18H21FN2O. The molecular weight excluding hydrogens is 279 g/mol. The van der Waals surface area contributed by atoms with E-state index in [2.05, 4.69) is 9.88 Å². The van der Waals surface area contributed by atoms with E-state index in [1.165, 1.54) is 12.1 Å². The van der Waals surface area contributed by atoms with Gasteiger partial charge in [-0.1, -0.05) is 12.1 Å². The highest BCUT2D eigenvalue weighted by atomic mass is 19.1. The van der Waals surface area contributed by atoms with Gasteiger partial charge in [0.1, 0.15) is 5.82 Å². The van der Waals surface area contributed by atoms with Gasteiger partial charge in [-0.3, -0.25) is 9.69 Å². The Labute approximate surface area is 129 Å². The van der Waals surface area contributed by atoms with Crippen LogP contribution >= 0.6 is 0 Å². The van der Waals surface area contributed by atoms with Crippen LogP contribution < -0.4 is 5.43 Å². The molecule has 1 aromatic carbocycles. The summed E-state index contributed by atoms with van der Waals surface area (Å²) in [4.78, 5) is 17.7. The number of pyridine rings is 1. The summed E-state index contributed by atoms with van der Waals surface area (Å²) in [5, 5.41) is 0. The number of aromatic amines is 1. The molecule has 22 heavy (non-hydrogen) atoms. The first-order chi connectivity index (χ1) is 10.6. The molecule has 1 aliphatic rings. The van der Waals surface area contributed by atoms with Crippen LogP contribution in [-0.2, 0) is 6.54 Å².